The fourth-order valence-electron chi connectivity index (χ4n) is 3.09. The van der Waals surface area contributed by atoms with E-state index < -0.39 is 16.0 Å². The number of hydrogen-bond donors (Lipinski definition) is 0. The summed E-state index contributed by atoms with van der Waals surface area (Å²) in [5.74, 6) is -0.206. The fraction of sp³-hybridized carbons (Fsp3) is 0.350. The highest BCUT2D eigenvalue weighted by atomic mass is 79.9. The van der Waals surface area contributed by atoms with E-state index in [9.17, 15) is 13.2 Å². The average Bonchev–Trinajstić information content (AvgIpc) is 3.51. The lowest BCUT2D eigenvalue weighted by Gasteiger charge is -2.29. The van der Waals surface area contributed by atoms with Gasteiger partial charge in [0, 0.05) is 17.1 Å². The highest BCUT2D eigenvalue weighted by Crippen LogP contribution is 2.38. The molecule has 2 aromatic rings. The van der Waals surface area contributed by atoms with Crippen molar-refractivity contribution >= 4 is 31.9 Å². The molecule has 1 saturated carbocycles. The number of esters is 1. The van der Waals surface area contributed by atoms with E-state index in [1.54, 1.807) is 10.4 Å². The van der Waals surface area contributed by atoms with E-state index in [1.165, 1.54) is 19.2 Å². The zero-order valence-electron chi connectivity index (χ0n) is 15.3. The predicted octanol–water partition coefficient (Wildman–Crippen LogP) is 4.23. The summed E-state index contributed by atoms with van der Waals surface area (Å²) in [5, 5.41) is 0. The standard InChI is InChI=1S/C20H22BrNO4S/c1-14(16-8-9-16)22(13-15-6-4-3-5-7-15)27(24,25)17-10-11-19(21)18(12-17)20(23)26-2/h3-7,10-12,14,16H,8-9,13H2,1-2H3. The lowest BCUT2D eigenvalue weighted by atomic mass is 10.2. The maximum atomic E-state index is 13.4. The Morgan fingerprint density at radius 1 is 1.22 bits per heavy atom. The number of carbonyl (C=O) groups is 1. The molecule has 1 unspecified atom stereocenters. The Morgan fingerprint density at radius 3 is 2.48 bits per heavy atom. The van der Waals surface area contributed by atoms with Gasteiger partial charge in [-0.3, -0.25) is 0 Å². The Hall–Kier alpha value is -1.70. The number of carbonyl (C=O) groups excluding carboxylic acids is 1. The smallest absolute Gasteiger partial charge is 0.339 e. The van der Waals surface area contributed by atoms with Crippen molar-refractivity contribution in [1.29, 1.82) is 0 Å². The van der Waals surface area contributed by atoms with Crippen LogP contribution in [0.5, 0.6) is 0 Å². The average molecular weight is 452 g/mol. The molecule has 1 aliphatic rings. The normalized spacial score (nSPS) is 15.6. The summed E-state index contributed by atoms with van der Waals surface area (Å²) in [6, 6.07) is 13.9. The number of sulfonamides is 1. The van der Waals surface area contributed by atoms with Gasteiger partial charge in [0.15, 0.2) is 0 Å². The Kier molecular flexibility index (Phi) is 6.03. The molecule has 0 spiro atoms. The van der Waals surface area contributed by atoms with Crippen LogP contribution < -0.4 is 0 Å². The second-order valence-electron chi connectivity index (χ2n) is 6.75. The third-order valence-corrected chi connectivity index (χ3v) is 7.51. The van der Waals surface area contributed by atoms with E-state index >= 15 is 0 Å². The molecule has 1 fully saturated rings. The van der Waals surface area contributed by atoms with E-state index in [0.29, 0.717) is 16.9 Å². The summed E-state index contributed by atoms with van der Waals surface area (Å²) in [6.07, 6.45) is 2.07. The minimum atomic E-state index is -3.78. The highest BCUT2D eigenvalue weighted by molar-refractivity contribution is 9.10. The van der Waals surface area contributed by atoms with Gasteiger partial charge in [0.25, 0.3) is 0 Å². The number of benzene rings is 2. The third kappa shape index (κ3) is 4.42. The largest absolute Gasteiger partial charge is 0.465 e. The van der Waals surface area contributed by atoms with E-state index in [0.717, 1.165) is 18.4 Å². The molecule has 0 amide bonds. The molecular formula is C20H22BrNO4S. The Balaban J connectivity index is 2.01. The molecule has 0 aromatic heterocycles. The Labute approximate surface area is 168 Å². The van der Waals surface area contributed by atoms with E-state index in [4.69, 9.17) is 4.74 Å². The van der Waals surface area contributed by atoms with Crippen LogP contribution in [0.2, 0.25) is 0 Å². The van der Waals surface area contributed by atoms with Gasteiger partial charge < -0.3 is 4.74 Å². The predicted molar refractivity (Wildman–Crippen MR) is 107 cm³/mol. The molecular weight excluding hydrogens is 430 g/mol. The van der Waals surface area contributed by atoms with Crippen molar-refractivity contribution in [2.24, 2.45) is 5.92 Å². The molecule has 5 nitrogen and oxygen atoms in total. The molecule has 27 heavy (non-hydrogen) atoms. The van der Waals surface area contributed by atoms with Crippen molar-refractivity contribution in [3.05, 3.63) is 64.1 Å². The number of ether oxygens (including phenoxy) is 1. The zero-order valence-corrected chi connectivity index (χ0v) is 17.7. The van der Waals surface area contributed by atoms with Crippen molar-refractivity contribution in [3.63, 3.8) is 0 Å². The molecule has 0 saturated heterocycles. The molecule has 0 radical (unpaired) electrons. The second kappa shape index (κ2) is 8.12. The van der Waals surface area contributed by atoms with Gasteiger partial charge in [0.05, 0.1) is 17.6 Å². The SMILES string of the molecule is COC(=O)c1cc(S(=O)(=O)N(Cc2ccccc2)C(C)C2CC2)ccc1Br. The number of methoxy groups -OCH3 is 1. The fourth-order valence-corrected chi connectivity index (χ4v) is 5.21. The van der Waals surface area contributed by atoms with Gasteiger partial charge >= 0.3 is 5.97 Å². The van der Waals surface area contributed by atoms with Gasteiger partial charge in [0.1, 0.15) is 0 Å². The van der Waals surface area contributed by atoms with Crippen LogP contribution in [0.15, 0.2) is 57.9 Å². The summed E-state index contributed by atoms with van der Waals surface area (Å²) in [6.45, 7) is 2.25. The lowest BCUT2D eigenvalue weighted by molar-refractivity contribution is 0.0599. The summed E-state index contributed by atoms with van der Waals surface area (Å²) in [7, 11) is -2.51. The van der Waals surface area contributed by atoms with Crippen molar-refractivity contribution in [2.45, 2.75) is 37.2 Å². The van der Waals surface area contributed by atoms with Gasteiger partial charge in [-0.05, 0) is 65.4 Å². The number of rotatable bonds is 7. The minimum absolute atomic E-state index is 0.0922. The summed E-state index contributed by atoms with van der Waals surface area (Å²) in [4.78, 5) is 12.1. The topological polar surface area (TPSA) is 63.7 Å². The maximum Gasteiger partial charge on any atom is 0.339 e. The zero-order chi connectivity index (χ0) is 19.6. The first-order valence-corrected chi connectivity index (χ1v) is 11.0. The van der Waals surface area contributed by atoms with Crippen molar-refractivity contribution in [1.82, 2.24) is 4.31 Å². The van der Waals surface area contributed by atoms with Crippen LogP contribution >= 0.6 is 15.9 Å². The van der Waals surface area contributed by atoms with Crippen LogP contribution in [0.1, 0.15) is 35.7 Å². The van der Waals surface area contributed by atoms with E-state index in [-0.39, 0.29) is 16.5 Å². The van der Waals surface area contributed by atoms with Crippen molar-refractivity contribution in [3.8, 4) is 0 Å². The Morgan fingerprint density at radius 2 is 1.89 bits per heavy atom. The van der Waals surface area contributed by atoms with Gasteiger partial charge in [0.2, 0.25) is 10.0 Å². The quantitative estimate of drug-likeness (QED) is 0.590. The molecule has 144 valence electrons. The first-order chi connectivity index (χ1) is 12.8. The molecule has 1 atom stereocenters. The first kappa shape index (κ1) is 20.0. The molecule has 1 aliphatic carbocycles. The van der Waals surface area contributed by atoms with Gasteiger partial charge in [-0.25, -0.2) is 13.2 Å². The molecule has 2 aromatic carbocycles. The first-order valence-electron chi connectivity index (χ1n) is 8.78. The molecule has 3 rings (SSSR count). The van der Waals surface area contributed by atoms with Gasteiger partial charge in [-0.1, -0.05) is 30.3 Å². The molecule has 0 bridgehead atoms. The van der Waals surface area contributed by atoms with E-state index in [2.05, 4.69) is 15.9 Å². The molecule has 0 aliphatic heterocycles. The number of halogens is 1. The van der Waals surface area contributed by atoms with Crippen LogP contribution in [0, 0.1) is 5.92 Å². The molecule has 7 heteroatoms. The second-order valence-corrected chi connectivity index (χ2v) is 9.49. The maximum absolute atomic E-state index is 13.4. The van der Waals surface area contributed by atoms with Crippen LogP contribution in [0.4, 0.5) is 0 Å². The summed E-state index contributed by atoms with van der Waals surface area (Å²) >= 11 is 3.28. The van der Waals surface area contributed by atoms with Gasteiger partial charge in [-0.15, -0.1) is 0 Å². The van der Waals surface area contributed by atoms with Crippen LogP contribution in [0.25, 0.3) is 0 Å². The van der Waals surface area contributed by atoms with Gasteiger partial charge in [-0.2, -0.15) is 4.31 Å². The molecule has 0 heterocycles. The third-order valence-electron chi connectivity index (χ3n) is 4.89. The van der Waals surface area contributed by atoms with E-state index in [1.807, 2.05) is 37.3 Å². The monoisotopic (exact) mass is 451 g/mol. The molecule has 0 N–H and O–H groups in total. The van der Waals surface area contributed by atoms with Crippen LogP contribution in [-0.2, 0) is 21.3 Å². The van der Waals surface area contributed by atoms with Crippen LogP contribution in [-0.4, -0.2) is 31.8 Å². The summed E-state index contributed by atoms with van der Waals surface area (Å²) in [5.41, 5.74) is 1.12. The highest BCUT2D eigenvalue weighted by Gasteiger charge is 2.38. The number of hydrogen-bond acceptors (Lipinski definition) is 4. The summed E-state index contributed by atoms with van der Waals surface area (Å²) < 4.78 is 33.7. The Bertz CT molecular complexity index is 926. The van der Waals surface area contributed by atoms with Crippen molar-refractivity contribution < 1.29 is 17.9 Å². The van der Waals surface area contributed by atoms with Crippen LogP contribution in [0.3, 0.4) is 0 Å². The lowest BCUT2D eigenvalue weighted by Crippen LogP contribution is -2.39. The number of nitrogens with zero attached hydrogens (tertiary/aromatic N) is 1. The van der Waals surface area contributed by atoms with Crippen molar-refractivity contribution in [2.75, 3.05) is 7.11 Å². The minimum Gasteiger partial charge on any atom is -0.465 e.